The summed E-state index contributed by atoms with van der Waals surface area (Å²) in [5.74, 6) is 2.47. The molecule has 3 heterocycles. The van der Waals surface area contributed by atoms with Gasteiger partial charge < -0.3 is 19.8 Å². The molecule has 2 aliphatic heterocycles. The van der Waals surface area contributed by atoms with Gasteiger partial charge in [-0.2, -0.15) is 4.31 Å². The summed E-state index contributed by atoms with van der Waals surface area (Å²) in [6.45, 7) is 2.29. The maximum Gasteiger partial charge on any atom is 0.211 e. The Balaban J connectivity index is 0.00000289. The van der Waals surface area contributed by atoms with Crippen LogP contribution in [0, 0.1) is 0 Å². The second kappa shape index (κ2) is 11.4. The molecule has 8 nitrogen and oxygen atoms in total. The summed E-state index contributed by atoms with van der Waals surface area (Å²) in [6, 6.07) is 11.8. The lowest BCUT2D eigenvalue weighted by molar-refractivity contribution is 0.261. The number of furan rings is 1. The Morgan fingerprint density at radius 1 is 1.22 bits per heavy atom. The fourth-order valence-electron chi connectivity index (χ4n) is 4.19. The van der Waals surface area contributed by atoms with E-state index < -0.39 is 10.0 Å². The lowest BCUT2D eigenvalue weighted by Crippen LogP contribution is -2.43. The number of halogens is 1. The molecule has 10 heteroatoms. The maximum absolute atomic E-state index is 12.1. The van der Waals surface area contributed by atoms with E-state index in [2.05, 4.69) is 16.7 Å². The van der Waals surface area contributed by atoms with Crippen molar-refractivity contribution in [2.75, 3.05) is 32.5 Å². The Kier molecular flexibility index (Phi) is 8.83. The average molecular weight is 574 g/mol. The predicted molar refractivity (Wildman–Crippen MR) is 135 cm³/mol. The lowest BCUT2D eigenvalue weighted by Gasteiger charge is -2.28. The highest BCUT2D eigenvalue weighted by Crippen LogP contribution is 2.31. The van der Waals surface area contributed by atoms with E-state index in [9.17, 15) is 8.42 Å². The van der Waals surface area contributed by atoms with E-state index in [1.54, 1.807) is 10.6 Å². The highest BCUT2D eigenvalue weighted by atomic mass is 127. The van der Waals surface area contributed by atoms with Gasteiger partial charge in [-0.3, -0.25) is 4.99 Å². The molecule has 0 amide bonds. The van der Waals surface area contributed by atoms with Gasteiger partial charge in [-0.05, 0) is 31.0 Å². The number of sulfonamides is 1. The van der Waals surface area contributed by atoms with Crippen molar-refractivity contribution in [2.24, 2.45) is 4.99 Å². The standard InChI is InChI=1S/C22H30N4O4S.HI/c1-31(27,28)26-13-4-6-17(26)16-24-22(23-12-10-18-7-5-14-29-18)25-20-11-15-30-21-9-3-2-8-19(20)21;/h2-3,5,7-9,14,17,20H,4,6,10-13,15-16H2,1H3,(H2,23,24,25);1H/t17-,20?;/m1./s1. The summed E-state index contributed by atoms with van der Waals surface area (Å²) in [4.78, 5) is 4.77. The van der Waals surface area contributed by atoms with Gasteiger partial charge in [0.05, 0.1) is 31.7 Å². The Morgan fingerprint density at radius 2 is 2.06 bits per heavy atom. The molecule has 1 saturated heterocycles. The van der Waals surface area contributed by atoms with Gasteiger partial charge in [0.2, 0.25) is 10.0 Å². The summed E-state index contributed by atoms with van der Waals surface area (Å²) in [7, 11) is -3.22. The molecule has 1 aromatic carbocycles. The molecule has 0 bridgehead atoms. The van der Waals surface area contributed by atoms with Crippen LogP contribution in [0.5, 0.6) is 5.75 Å². The molecular formula is C22H31IN4O4S. The number of nitrogens with one attached hydrogen (secondary N) is 2. The molecule has 2 aromatic rings. The molecule has 0 radical (unpaired) electrons. The van der Waals surface area contributed by atoms with Crippen molar-refractivity contribution in [3.8, 4) is 5.75 Å². The first-order chi connectivity index (χ1) is 15.0. The van der Waals surface area contributed by atoms with Gasteiger partial charge in [0.15, 0.2) is 5.96 Å². The second-order valence-corrected chi connectivity index (χ2v) is 9.92. The predicted octanol–water partition coefficient (Wildman–Crippen LogP) is 2.92. The molecule has 1 aromatic heterocycles. The van der Waals surface area contributed by atoms with Crippen molar-refractivity contribution in [2.45, 2.75) is 37.8 Å². The number of rotatable bonds is 7. The second-order valence-electron chi connectivity index (χ2n) is 7.99. The SMILES string of the molecule is CS(=O)(=O)N1CCC[C@@H]1CN=C(NCCc1ccco1)NC1CCOc2ccccc21.I. The van der Waals surface area contributed by atoms with Crippen LogP contribution in [0.4, 0.5) is 0 Å². The van der Waals surface area contributed by atoms with Crippen LogP contribution in [0.2, 0.25) is 0 Å². The van der Waals surface area contributed by atoms with Crippen molar-refractivity contribution in [3.63, 3.8) is 0 Å². The minimum absolute atomic E-state index is 0. The summed E-state index contributed by atoms with van der Waals surface area (Å²) >= 11 is 0. The number of benzene rings is 1. The van der Waals surface area contributed by atoms with E-state index in [1.165, 1.54) is 6.26 Å². The largest absolute Gasteiger partial charge is 0.493 e. The molecule has 1 unspecified atom stereocenters. The maximum atomic E-state index is 12.1. The Hall–Kier alpha value is -1.79. The number of nitrogens with zero attached hydrogens (tertiary/aromatic N) is 2. The van der Waals surface area contributed by atoms with Gasteiger partial charge in [0.25, 0.3) is 0 Å². The number of guanidine groups is 1. The number of para-hydroxylation sites is 1. The lowest BCUT2D eigenvalue weighted by atomic mass is 10.0. The van der Waals surface area contributed by atoms with Crippen LogP contribution < -0.4 is 15.4 Å². The van der Waals surface area contributed by atoms with Gasteiger partial charge >= 0.3 is 0 Å². The molecule has 2 aliphatic rings. The van der Waals surface area contributed by atoms with Gasteiger partial charge in [0, 0.05) is 37.5 Å². The van der Waals surface area contributed by atoms with Gasteiger partial charge in [-0.15, -0.1) is 24.0 Å². The van der Waals surface area contributed by atoms with E-state index in [1.807, 2.05) is 30.3 Å². The van der Waals surface area contributed by atoms with E-state index in [0.29, 0.717) is 32.2 Å². The van der Waals surface area contributed by atoms with Crippen LogP contribution in [0.25, 0.3) is 0 Å². The summed E-state index contributed by atoms with van der Waals surface area (Å²) in [6.07, 6.45) is 6.20. The summed E-state index contributed by atoms with van der Waals surface area (Å²) < 4.78 is 36.9. The minimum atomic E-state index is -3.22. The van der Waals surface area contributed by atoms with Crippen molar-refractivity contribution >= 4 is 40.0 Å². The van der Waals surface area contributed by atoms with Gasteiger partial charge in [0.1, 0.15) is 11.5 Å². The third kappa shape index (κ3) is 6.38. The van der Waals surface area contributed by atoms with E-state index in [0.717, 1.165) is 42.8 Å². The van der Waals surface area contributed by atoms with Crippen LogP contribution in [0.3, 0.4) is 0 Å². The molecule has 0 aliphatic carbocycles. The monoisotopic (exact) mass is 574 g/mol. The topological polar surface area (TPSA) is 96.2 Å². The smallest absolute Gasteiger partial charge is 0.211 e. The molecular weight excluding hydrogens is 543 g/mol. The van der Waals surface area contributed by atoms with E-state index in [-0.39, 0.29) is 36.1 Å². The molecule has 32 heavy (non-hydrogen) atoms. The molecule has 0 saturated carbocycles. The molecule has 2 N–H and O–H groups in total. The van der Waals surface area contributed by atoms with Crippen LogP contribution in [-0.4, -0.2) is 57.2 Å². The number of ether oxygens (including phenoxy) is 1. The highest BCUT2D eigenvalue weighted by Gasteiger charge is 2.31. The number of hydrogen-bond acceptors (Lipinski definition) is 5. The average Bonchev–Trinajstić information content (AvgIpc) is 3.44. The molecule has 0 spiro atoms. The first-order valence-electron chi connectivity index (χ1n) is 10.8. The van der Waals surface area contributed by atoms with Crippen molar-refractivity contribution in [3.05, 3.63) is 54.0 Å². The van der Waals surface area contributed by atoms with Crippen LogP contribution >= 0.6 is 24.0 Å². The van der Waals surface area contributed by atoms with Crippen LogP contribution in [0.15, 0.2) is 52.1 Å². The molecule has 176 valence electrons. The highest BCUT2D eigenvalue weighted by molar-refractivity contribution is 14.0. The van der Waals surface area contributed by atoms with E-state index in [4.69, 9.17) is 14.1 Å². The fourth-order valence-corrected chi connectivity index (χ4v) is 5.37. The quantitative estimate of drug-likeness (QED) is 0.300. The Labute approximate surface area is 206 Å². The Bertz CT molecular complexity index is 997. The number of aliphatic imine (C=N–C) groups is 1. The zero-order valence-electron chi connectivity index (χ0n) is 18.2. The Morgan fingerprint density at radius 3 is 2.84 bits per heavy atom. The molecule has 1 fully saturated rings. The zero-order valence-corrected chi connectivity index (χ0v) is 21.3. The van der Waals surface area contributed by atoms with E-state index >= 15 is 0 Å². The van der Waals surface area contributed by atoms with Crippen LogP contribution in [0.1, 0.15) is 36.6 Å². The number of hydrogen-bond donors (Lipinski definition) is 2. The van der Waals surface area contributed by atoms with Crippen molar-refractivity contribution < 1.29 is 17.6 Å². The third-order valence-electron chi connectivity index (χ3n) is 5.72. The number of fused-ring (bicyclic) bond motifs is 1. The first kappa shape index (κ1) is 24.8. The van der Waals surface area contributed by atoms with Gasteiger partial charge in [-0.25, -0.2) is 8.42 Å². The van der Waals surface area contributed by atoms with Crippen molar-refractivity contribution in [1.82, 2.24) is 14.9 Å². The summed E-state index contributed by atoms with van der Waals surface area (Å²) in [5.41, 5.74) is 1.10. The normalized spacial score (nSPS) is 21.3. The zero-order chi connectivity index (χ0) is 21.7. The minimum Gasteiger partial charge on any atom is -0.493 e. The third-order valence-corrected chi connectivity index (χ3v) is 7.06. The first-order valence-corrected chi connectivity index (χ1v) is 12.6. The molecule has 2 atom stereocenters. The molecule has 4 rings (SSSR count). The fraction of sp³-hybridized carbons (Fsp3) is 0.500. The summed E-state index contributed by atoms with van der Waals surface area (Å²) in [5, 5.41) is 6.91. The van der Waals surface area contributed by atoms with Crippen molar-refractivity contribution in [1.29, 1.82) is 0 Å². The van der Waals surface area contributed by atoms with Gasteiger partial charge in [-0.1, -0.05) is 18.2 Å². The van der Waals surface area contributed by atoms with Crippen LogP contribution in [-0.2, 0) is 16.4 Å².